The Hall–Kier alpha value is -7.75. The molecule has 59 heavy (non-hydrogen) atoms. The maximum atomic E-state index is 5.26. The zero-order valence-corrected chi connectivity index (χ0v) is 32.5. The molecular weight excluding hydrogens is 715 g/mol. The van der Waals surface area contributed by atoms with E-state index in [4.69, 9.17) is 9.97 Å². The third-order valence-corrected chi connectivity index (χ3v) is 11.9. The van der Waals surface area contributed by atoms with Gasteiger partial charge in [0.2, 0.25) is 0 Å². The van der Waals surface area contributed by atoms with E-state index in [-0.39, 0.29) is 0 Å². The number of rotatable bonds is 6. The summed E-state index contributed by atoms with van der Waals surface area (Å²) in [5, 5.41) is 9.58. The summed E-state index contributed by atoms with van der Waals surface area (Å²) >= 11 is 0. The summed E-state index contributed by atoms with van der Waals surface area (Å²) in [4.78, 5) is 14.8. The second-order valence-electron chi connectivity index (χ2n) is 15.3. The van der Waals surface area contributed by atoms with Crippen LogP contribution in [0.5, 0.6) is 0 Å². The average Bonchev–Trinajstić information content (AvgIpc) is 3.31. The minimum atomic E-state index is 0.894. The normalized spacial score (nSPS) is 11.5. The Morgan fingerprint density at radius 3 is 1.85 bits per heavy atom. The topological polar surface area (TPSA) is 38.7 Å². The minimum absolute atomic E-state index is 0.894. The summed E-state index contributed by atoms with van der Waals surface area (Å²) in [6.45, 7) is 6.52. The third-order valence-electron chi connectivity index (χ3n) is 11.9. The smallest absolute Gasteiger partial charge is 0.0972 e. The van der Waals surface area contributed by atoms with Crippen molar-refractivity contribution in [2.45, 2.75) is 6.92 Å². The van der Waals surface area contributed by atoms with Crippen LogP contribution in [0, 0.1) is 6.92 Å². The largest absolute Gasteiger partial charge is 0.264 e. The summed E-state index contributed by atoms with van der Waals surface area (Å²) in [6.07, 6.45) is 5.68. The summed E-state index contributed by atoms with van der Waals surface area (Å²) in [5.41, 5.74) is 15.2. The maximum absolute atomic E-state index is 5.26. The van der Waals surface area contributed by atoms with Crippen LogP contribution in [-0.2, 0) is 0 Å². The highest BCUT2D eigenvalue weighted by atomic mass is 14.8. The lowest BCUT2D eigenvalue weighted by Gasteiger charge is -2.17. The molecule has 0 saturated carbocycles. The lowest BCUT2D eigenvalue weighted by Crippen LogP contribution is -1.92. The first-order chi connectivity index (χ1) is 29.1. The van der Waals surface area contributed by atoms with Gasteiger partial charge >= 0.3 is 0 Å². The first-order valence-corrected chi connectivity index (χ1v) is 20.0. The zero-order valence-electron chi connectivity index (χ0n) is 32.5. The summed E-state index contributed by atoms with van der Waals surface area (Å²) in [6, 6.07) is 62.9. The van der Waals surface area contributed by atoms with Crippen molar-refractivity contribution in [3.05, 3.63) is 206 Å². The molecule has 0 atom stereocenters. The van der Waals surface area contributed by atoms with Crippen molar-refractivity contribution < 1.29 is 0 Å². The zero-order chi connectivity index (χ0) is 39.5. The van der Waals surface area contributed by atoms with Gasteiger partial charge in [-0.1, -0.05) is 164 Å². The van der Waals surface area contributed by atoms with Crippen molar-refractivity contribution >= 4 is 60.2 Å². The average molecular weight is 752 g/mol. The minimum Gasteiger partial charge on any atom is -0.264 e. The molecule has 3 nitrogen and oxygen atoms in total. The van der Waals surface area contributed by atoms with Crippen molar-refractivity contribution in [3.63, 3.8) is 0 Å². The highest BCUT2D eigenvalue weighted by Gasteiger charge is 2.16. The van der Waals surface area contributed by atoms with E-state index >= 15 is 0 Å². The lowest BCUT2D eigenvalue weighted by atomic mass is 9.86. The highest BCUT2D eigenvalue weighted by Crippen LogP contribution is 2.42. The summed E-state index contributed by atoms with van der Waals surface area (Å²) in [7, 11) is 0. The monoisotopic (exact) mass is 751 g/mol. The molecule has 11 aromatic rings. The molecule has 11 rings (SSSR count). The lowest BCUT2D eigenvalue weighted by molar-refractivity contribution is 1.33. The molecule has 0 bridgehead atoms. The van der Waals surface area contributed by atoms with Gasteiger partial charge in [-0.3, -0.25) is 4.98 Å². The predicted molar refractivity (Wildman–Crippen MR) is 249 cm³/mol. The van der Waals surface area contributed by atoms with Gasteiger partial charge in [-0.15, -0.1) is 0 Å². The predicted octanol–water partition coefficient (Wildman–Crippen LogP) is 14.9. The molecule has 0 aliphatic rings. The van der Waals surface area contributed by atoms with Gasteiger partial charge in [0, 0.05) is 39.9 Å². The van der Waals surface area contributed by atoms with Gasteiger partial charge in [-0.25, -0.2) is 9.97 Å². The molecule has 3 aromatic heterocycles. The SMILES string of the molecule is C=Cc1ccc(-c2ccc(-c3ccc4ccc5ccc(-c6cccc(-c7cccnc7)c6)nc5c4n3)cc2)c2ccc3ccc(-c4cccc5ccccc45)c(C)c3c12. The Morgan fingerprint density at radius 1 is 0.424 bits per heavy atom. The molecule has 0 radical (unpaired) electrons. The maximum Gasteiger partial charge on any atom is 0.0972 e. The van der Waals surface area contributed by atoms with Crippen LogP contribution >= 0.6 is 0 Å². The van der Waals surface area contributed by atoms with E-state index in [2.05, 4.69) is 188 Å². The highest BCUT2D eigenvalue weighted by molar-refractivity contribution is 6.18. The molecule has 3 heterocycles. The molecule has 0 unspecified atom stereocenters. The third kappa shape index (κ3) is 5.86. The fourth-order valence-corrected chi connectivity index (χ4v) is 8.94. The van der Waals surface area contributed by atoms with Gasteiger partial charge in [-0.2, -0.15) is 0 Å². The first kappa shape index (κ1) is 34.5. The van der Waals surface area contributed by atoms with Crippen LogP contribution in [0.3, 0.4) is 0 Å². The van der Waals surface area contributed by atoms with Crippen LogP contribution < -0.4 is 0 Å². The van der Waals surface area contributed by atoms with Crippen LogP contribution in [0.1, 0.15) is 11.1 Å². The van der Waals surface area contributed by atoms with Crippen LogP contribution in [-0.4, -0.2) is 15.0 Å². The summed E-state index contributed by atoms with van der Waals surface area (Å²) in [5.74, 6) is 0. The Morgan fingerprint density at radius 2 is 1.07 bits per heavy atom. The summed E-state index contributed by atoms with van der Waals surface area (Å²) < 4.78 is 0. The Bertz CT molecular complexity index is 3450. The van der Waals surface area contributed by atoms with Crippen LogP contribution in [0.4, 0.5) is 0 Å². The molecule has 8 aromatic carbocycles. The van der Waals surface area contributed by atoms with E-state index in [1.165, 1.54) is 54.6 Å². The van der Waals surface area contributed by atoms with Crippen molar-refractivity contribution in [1.82, 2.24) is 15.0 Å². The van der Waals surface area contributed by atoms with Crippen molar-refractivity contribution in [1.29, 1.82) is 0 Å². The van der Waals surface area contributed by atoms with E-state index in [0.29, 0.717) is 0 Å². The fourth-order valence-electron chi connectivity index (χ4n) is 8.94. The molecule has 3 heteroatoms. The Labute approximate surface area is 342 Å². The number of hydrogen-bond acceptors (Lipinski definition) is 3. The van der Waals surface area contributed by atoms with Gasteiger partial charge in [0.1, 0.15) is 0 Å². The van der Waals surface area contributed by atoms with Crippen molar-refractivity contribution in [2.24, 2.45) is 0 Å². The first-order valence-electron chi connectivity index (χ1n) is 20.0. The molecule has 0 saturated heterocycles. The van der Waals surface area contributed by atoms with E-state index in [1.807, 2.05) is 18.3 Å². The molecule has 0 fully saturated rings. The van der Waals surface area contributed by atoms with Gasteiger partial charge in [0.05, 0.1) is 22.4 Å². The number of aromatic nitrogens is 3. The van der Waals surface area contributed by atoms with Crippen molar-refractivity contribution in [3.8, 4) is 55.9 Å². The number of nitrogens with zero attached hydrogens (tertiary/aromatic N) is 3. The fraction of sp³-hybridized carbons (Fsp3) is 0.0179. The van der Waals surface area contributed by atoms with Gasteiger partial charge in [0.25, 0.3) is 0 Å². The molecule has 276 valence electrons. The van der Waals surface area contributed by atoms with Crippen molar-refractivity contribution in [2.75, 3.05) is 0 Å². The molecule has 0 spiro atoms. The molecular formula is C56H37N3. The van der Waals surface area contributed by atoms with Crippen LogP contribution in [0.25, 0.3) is 116 Å². The van der Waals surface area contributed by atoms with E-state index in [9.17, 15) is 0 Å². The number of aryl methyl sites for hydroxylation is 1. The van der Waals surface area contributed by atoms with E-state index in [1.54, 1.807) is 6.20 Å². The standard InChI is InChI=1S/C56H37N3/c1-3-36-22-28-48(50-29-24-40-23-27-46(35(2)53(40)54(36)50)49-15-7-10-37-9-4-5-14-47(37)49)38-16-18-39(19-17-38)51-30-25-41-20-21-42-26-31-52(59-56(42)55(41)58-51)44-12-6-11-43(33-44)45-13-8-32-57-34-45/h3-34H,1H2,2H3. The van der Waals surface area contributed by atoms with Gasteiger partial charge < -0.3 is 0 Å². The van der Waals surface area contributed by atoms with Gasteiger partial charge in [-0.05, 0) is 102 Å². The quantitative estimate of drug-likeness (QED) is 0.159. The molecule has 0 aliphatic carbocycles. The molecule has 0 aliphatic heterocycles. The van der Waals surface area contributed by atoms with Gasteiger partial charge in [0.15, 0.2) is 0 Å². The second kappa shape index (κ2) is 14.0. The number of pyridine rings is 3. The Balaban J connectivity index is 0.988. The van der Waals surface area contributed by atoms with E-state index < -0.39 is 0 Å². The molecule has 0 amide bonds. The molecule has 0 N–H and O–H groups in total. The van der Waals surface area contributed by atoms with Crippen LogP contribution in [0.2, 0.25) is 0 Å². The Kier molecular flexibility index (Phi) is 8.20. The number of fused-ring (bicyclic) bond motifs is 7. The van der Waals surface area contributed by atoms with E-state index in [0.717, 1.165) is 66.6 Å². The van der Waals surface area contributed by atoms with Crippen LogP contribution in [0.15, 0.2) is 195 Å². The number of benzene rings is 8. The number of hydrogen-bond donors (Lipinski definition) is 0. The second-order valence-corrected chi connectivity index (χ2v) is 15.3.